The van der Waals surface area contributed by atoms with Gasteiger partial charge < -0.3 is 9.64 Å². The molecular weight excluding hydrogens is 272 g/mol. The van der Waals surface area contributed by atoms with Crippen LogP contribution in [0.5, 0.6) is 5.75 Å². The van der Waals surface area contributed by atoms with E-state index >= 15 is 0 Å². The zero-order valence-electron chi connectivity index (χ0n) is 10.8. The molecule has 0 saturated heterocycles. The van der Waals surface area contributed by atoms with E-state index in [2.05, 4.69) is 17.0 Å². The largest absolute Gasteiger partial charge is 0.491 e. The molecule has 0 spiro atoms. The molecule has 2 aromatic carbocycles. The van der Waals surface area contributed by atoms with Gasteiger partial charge in [-0.05, 0) is 24.3 Å². The normalized spacial score (nSPS) is 13.9. The average Bonchev–Trinajstić information content (AvgIpc) is 2.69. The first-order chi connectivity index (χ1) is 9.78. The van der Waals surface area contributed by atoms with Gasteiger partial charge >= 0.3 is 0 Å². The number of hydrogen-bond donors (Lipinski definition) is 0. The summed E-state index contributed by atoms with van der Waals surface area (Å²) in [5.41, 5.74) is 2.62. The van der Waals surface area contributed by atoms with Crippen molar-refractivity contribution in [3.63, 3.8) is 0 Å². The molecule has 0 aliphatic carbocycles. The molecule has 0 unspecified atom stereocenters. The molecule has 3 rings (SSSR count). The third-order valence-corrected chi connectivity index (χ3v) is 3.61. The zero-order valence-corrected chi connectivity index (χ0v) is 11.6. The molecule has 0 atom stereocenters. The van der Waals surface area contributed by atoms with Crippen LogP contribution in [0.2, 0.25) is 5.02 Å². The summed E-state index contributed by atoms with van der Waals surface area (Å²) in [6.45, 7) is 2.07. The summed E-state index contributed by atoms with van der Waals surface area (Å²) in [6, 6.07) is 15.6. The van der Waals surface area contributed by atoms with Gasteiger partial charge in [-0.15, -0.1) is 0 Å². The highest BCUT2D eigenvalue weighted by Gasteiger charge is 2.17. The van der Waals surface area contributed by atoms with Crippen LogP contribution in [0.25, 0.3) is 0 Å². The predicted molar refractivity (Wildman–Crippen MR) is 79.2 cm³/mol. The molecule has 0 amide bonds. The number of fused-ring (bicyclic) bond motifs is 1. The molecule has 0 saturated carbocycles. The third kappa shape index (κ3) is 2.43. The zero-order chi connectivity index (χ0) is 13.9. The van der Waals surface area contributed by atoms with Gasteiger partial charge in [0.05, 0.1) is 17.8 Å². The Kier molecular flexibility index (Phi) is 3.49. The molecule has 100 valence electrons. The highest BCUT2D eigenvalue weighted by molar-refractivity contribution is 6.30. The first-order valence-electron chi connectivity index (χ1n) is 6.43. The molecule has 0 bridgehead atoms. The molecule has 0 N–H and O–H groups in total. The topological polar surface area (TPSA) is 36.3 Å². The number of hydrogen-bond acceptors (Lipinski definition) is 3. The fourth-order valence-corrected chi connectivity index (χ4v) is 2.58. The lowest BCUT2D eigenvalue weighted by atomic mass is 10.1. The van der Waals surface area contributed by atoms with Crippen LogP contribution in [0.1, 0.15) is 11.1 Å². The predicted octanol–water partition coefficient (Wildman–Crippen LogP) is 3.61. The minimum Gasteiger partial charge on any atom is -0.491 e. The van der Waals surface area contributed by atoms with Crippen molar-refractivity contribution in [1.82, 2.24) is 0 Å². The van der Waals surface area contributed by atoms with Gasteiger partial charge in [0.2, 0.25) is 0 Å². The van der Waals surface area contributed by atoms with E-state index in [-0.39, 0.29) is 0 Å². The molecule has 1 aliphatic rings. The van der Waals surface area contributed by atoms with Crippen molar-refractivity contribution in [2.75, 3.05) is 18.1 Å². The number of nitriles is 1. The highest BCUT2D eigenvalue weighted by Crippen LogP contribution is 2.29. The molecule has 1 heterocycles. The van der Waals surface area contributed by atoms with E-state index in [4.69, 9.17) is 16.3 Å². The van der Waals surface area contributed by atoms with Gasteiger partial charge in [0.25, 0.3) is 0 Å². The molecule has 0 aromatic heterocycles. The lowest BCUT2D eigenvalue weighted by Gasteiger charge is -2.23. The van der Waals surface area contributed by atoms with Crippen molar-refractivity contribution in [2.24, 2.45) is 0 Å². The number of benzene rings is 2. The van der Waals surface area contributed by atoms with E-state index in [0.717, 1.165) is 30.1 Å². The average molecular weight is 285 g/mol. The minimum atomic E-state index is 0.580. The summed E-state index contributed by atoms with van der Waals surface area (Å²) in [5.74, 6) is 0.919. The minimum absolute atomic E-state index is 0.580. The summed E-state index contributed by atoms with van der Waals surface area (Å²) >= 11 is 5.95. The Morgan fingerprint density at radius 3 is 2.90 bits per heavy atom. The smallest absolute Gasteiger partial charge is 0.124 e. The van der Waals surface area contributed by atoms with Crippen molar-refractivity contribution in [3.05, 3.63) is 58.6 Å². The van der Waals surface area contributed by atoms with Crippen LogP contribution in [0.15, 0.2) is 42.5 Å². The van der Waals surface area contributed by atoms with E-state index < -0.39 is 0 Å². The van der Waals surface area contributed by atoms with Crippen LogP contribution in [0.3, 0.4) is 0 Å². The van der Waals surface area contributed by atoms with Crippen molar-refractivity contribution in [1.29, 1.82) is 5.26 Å². The van der Waals surface area contributed by atoms with Crippen molar-refractivity contribution in [2.45, 2.75) is 6.54 Å². The van der Waals surface area contributed by atoms with Crippen molar-refractivity contribution < 1.29 is 4.74 Å². The van der Waals surface area contributed by atoms with Gasteiger partial charge in [0.1, 0.15) is 18.4 Å². The van der Waals surface area contributed by atoms with Gasteiger partial charge in [-0.2, -0.15) is 5.26 Å². The molecule has 0 fully saturated rings. The van der Waals surface area contributed by atoms with E-state index in [1.165, 1.54) is 0 Å². The van der Waals surface area contributed by atoms with Gasteiger partial charge in [0, 0.05) is 17.1 Å². The quantitative estimate of drug-likeness (QED) is 0.802. The van der Waals surface area contributed by atoms with E-state index in [9.17, 15) is 5.26 Å². The fourth-order valence-electron chi connectivity index (χ4n) is 2.40. The second kappa shape index (κ2) is 5.44. The Labute approximate surface area is 123 Å². The third-order valence-electron chi connectivity index (χ3n) is 3.37. The summed E-state index contributed by atoms with van der Waals surface area (Å²) < 4.78 is 5.75. The van der Waals surface area contributed by atoms with E-state index in [1.54, 1.807) is 6.07 Å². The molecule has 0 radical (unpaired) electrons. The van der Waals surface area contributed by atoms with Crippen molar-refractivity contribution in [3.8, 4) is 11.8 Å². The molecule has 20 heavy (non-hydrogen) atoms. The molecular formula is C16H13ClN2O. The number of nitrogens with zero attached hydrogens (tertiary/aromatic N) is 2. The molecule has 2 aromatic rings. The first kappa shape index (κ1) is 12.8. The molecule has 4 heteroatoms. The van der Waals surface area contributed by atoms with Gasteiger partial charge in [0.15, 0.2) is 0 Å². The maximum absolute atomic E-state index is 9.27. The van der Waals surface area contributed by atoms with Crippen LogP contribution in [-0.2, 0) is 6.54 Å². The summed E-state index contributed by atoms with van der Waals surface area (Å²) in [7, 11) is 0. The maximum Gasteiger partial charge on any atom is 0.124 e. The SMILES string of the molecule is N#Cc1cc(Cl)ccc1N1CCOc2ccccc2C1. The van der Waals surface area contributed by atoms with Crippen molar-refractivity contribution >= 4 is 17.3 Å². The van der Waals surface area contributed by atoms with Gasteiger partial charge in [-0.1, -0.05) is 29.8 Å². The number of para-hydroxylation sites is 1. The summed E-state index contributed by atoms with van der Waals surface area (Å²) in [4.78, 5) is 2.15. The molecule has 3 nitrogen and oxygen atoms in total. The highest BCUT2D eigenvalue weighted by atomic mass is 35.5. The Morgan fingerprint density at radius 2 is 2.05 bits per heavy atom. The lowest BCUT2D eigenvalue weighted by molar-refractivity contribution is 0.331. The number of anilines is 1. The molecule has 1 aliphatic heterocycles. The summed E-state index contributed by atoms with van der Waals surface area (Å²) in [6.07, 6.45) is 0. The number of rotatable bonds is 1. The standard InChI is InChI=1S/C16H13ClN2O/c17-14-5-6-15(13(9-14)10-18)19-7-8-20-16-4-2-1-3-12(16)11-19/h1-6,9H,7-8,11H2. The van der Waals surface area contributed by atoms with Crippen LogP contribution >= 0.6 is 11.6 Å². The van der Waals surface area contributed by atoms with Crippen LogP contribution in [0.4, 0.5) is 5.69 Å². The van der Waals surface area contributed by atoms with E-state index in [0.29, 0.717) is 17.2 Å². The van der Waals surface area contributed by atoms with Crippen LogP contribution in [-0.4, -0.2) is 13.2 Å². The second-order valence-corrected chi connectivity index (χ2v) is 5.09. The summed E-state index contributed by atoms with van der Waals surface area (Å²) in [5, 5.41) is 9.85. The maximum atomic E-state index is 9.27. The lowest BCUT2D eigenvalue weighted by Crippen LogP contribution is -2.26. The first-order valence-corrected chi connectivity index (χ1v) is 6.81. The monoisotopic (exact) mass is 284 g/mol. The Balaban J connectivity index is 1.98. The second-order valence-electron chi connectivity index (χ2n) is 4.65. The Morgan fingerprint density at radius 1 is 1.20 bits per heavy atom. The van der Waals surface area contributed by atoms with Crippen LogP contribution < -0.4 is 9.64 Å². The Hall–Kier alpha value is -2.18. The number of halogens is 1. The van der Waals surface area contributed by atoms with Crippen LogP contribution in [0, 0.1) is 11.3 Å². The fraction of sp³-hybridized carbons (Fsp3) is 0.188. The van der Waals surface area contributed by atoms with E-state index in [1.807, 2.05) is 30.3 Å². The Bertz CT molecular complexity index is 678. The van der Waals surface area contributed by atoms with Gasteiger partial charge in [-0.25, -0.2) is 0 Å². The number of ether oxygens (including phenoxy) is 1. The van der Waals surface area contributed by atoms with Gasteiger partial charge in [-0.3, -0.25) is 0 Å².